The smallest absolute Gasteiger partial charge is 0.320 e. The number of hydrogen-bond acceptors (Lipinski definition) is 5. The molecule has 0 radical (unpaired) electrons. The average Bonchev–Trinajstić information content (AvgIpc) is 2.74. The summed E-state index contributed by atoms with van der Waals surface area (Å²) in [5.41, 5.74) is 2.49. The number of esters is 2. The van der Waals surface area contributed by atoms with E-state index in [1.807, 2.05) is 0 Å². The Balaban J connectivity index is 2.40. The molecule has 0 aliphatic carbocycles. The Kier molecular flexibility index (Phi) is 5.04. The van der Waals surface area contributed by atoms with Gasteiger partial charge in [0.25, 0.3) is 6.29 Å². The molecule has 1 aliphatic rings. The minimum atomic E-state index is -0.857. The number of cyclic esters (lactones) is 2. The first-order valence-electron chi connectivity index (χ1n) is 7.48. The molecular formula is C16H22O4S. The molecule has 0 aromatic carbocycles. The number of carbonyl (C=O) groups is 2. The second-order valence-corrected chi connectivity index (χ2v) is 6.78. The number of carbonyl (C=O) groups excluding carboxylic acids is 2. The first-order chi connectivity index (χ1) is 9.96. The van der Waals surface area contributed by atoms with Crippen molar-refractivity contribution < 1.29 is 19.1 Å². The third kappa shape index (κ3) is 3.46. The van der Waals surface area contributed by atoms with Crippen LogP contribution in [0.5, 0.6) is 0 Å². The maximum absolute atomic E-state index is 11.5. The normalized spacial score (nSPS) is 16.2. The maximum Gasteiger partial charge on any atom is 0.320 e. The molecule has 4 nitrogen and oxygen atoms in total. The molecule has 0 amide bonds. The van der Waals surface area contributed by atoms with E-state index in [4.69, 9.17) is 9.47 Å². The fourth-order valence-electron chi connectivity index (χ4n) is 2.67. The highest BCUT2D eigenvalue weighted by molar-refractivity contribution is 7.12. The summed E-state index contributed by atoms with van der Waals surface area (Å²) in [6.45, 7) is 8.58. The Morgan fingerprint density at radius 2 is 1.67 bits per heavy atom. The molecule has 1 fully saturated rings. The predicted molar refractivity (Wildman–Crippen MR) is 81.2 cm³/mol. The molecule has 116 valence electrons. The molecule has 0 spiro atoms. The molecule has 1 aromatic heterocycles. The van der Waals surface area contributed by atoms with Crippen LogP contribution in [0, 0.1) is 5.92 Å². The number of rotatable bonds is 5. The van der Waals surface area contributed by atoms with Crippen LogP contribution in [-0.4, -0.2) is 11.9 Å². The summed E-state index contributed by atoms with van der Waals surface area (Å²) in [6, 6.07) is 0. The number of thiophene rings is 1. The Bertz CT molecular complexity index is 529. The molecule has 21 heavy (non-hydrogen) atoms. The van der Waals surface area contributed by atoms with Gasteiger partial charge in [-0.2, -0.15) is 0 Å². The lowest BCUT2D eigenvalue weighted by atomic mass is 9.99. The van der Waals surface area contributed by atoms with Gasteiger partial charge in [0.05, 0.1) is 4.88 Å². The van der Waals surface area contributed by atoms with Crippen LogP contribution in [0.4, 0.5) is 0 Å². The van der Waals surface area contributed by atoms with Gasteiger partial charge in [-0.1, -0.05) is 27.7 Å². The Labute approximate surface area is 129 Å². The second kappa shape index (κ2) is 6.60. The molecule has 0 bridgehead atoms. The molecule has 0 N–H and O–H groups in total. The van der Waals surface area contributed by atoms with Gasteiger partial charge >= 0.3 is 11.9 Å². The molecule has 1 saturated heterocycles. The first-order valence-corrected chi connectivity index (χ1v) is 8.30. The zero-order chi connectivity index (χ0) is 15.6. The van der Waals surface area contributed by atoms with Gasteiger partial charge in [0.2, 0.25) is 0 Å². The average molecular weight is 310 g/mol. The van der Waals surface area contributed by atoms with E-state index in [1.54, 1.807) is 11.3 Å². The van der Waals surface area contributed by atoms with Gasteiger partial charge < -0.3 is 9.47 Å². The van der Waals surface area contributed by atoms with Gasteiger partial charge in [-0.05, 0) is 36.3 Å². The molecule has 1 aromatic rings. The fourth-order valence-corrected chi connectivity index (χ4v) is 4.32. The zero-order valence-corrected chi connectivity index (χ0v) is 13.8. The lowest BCUT2D eigenvalue weighted by Gasteiger charge is -2.22. The van der Waals surface area contributed by atoms with Crippen LogP contribution in [0.1, 0.15) is 61.3 Å². The summed E-state index contributed by atoms with van der Waals surface area (Å²) in [4.78, 5) is 25.2. The lowest BCUT2D eigenvalue weighted by Crippen LogP contribution is -2.26. The quantitative estimate of drug-likeness (QED) is 0.616. The molecule has 5 heteroatoms. The van der Waals surface area contributed by atoms with Crippen molar-refractivity contribution in [2.75, 3.05) is 0 Å². The molecule has 0 atom stereocenters. The largest absolute Gasteiger partial charge is 0.419 e. The van der Waals surface area contributed by atoms with E-state index in [2.05, 4.69) is 27.7 Å². The molecule has 2 rings (SSSR count). The van der Waals surface area contributed by atoms with E-state index >= 15 is 0 Å². The highest BCUT2D eigenvalue weighted by atomic mass is 32.1. The second-order valence-electron chi connectivity index (χ2n) is 5.64. The third-order valence-electron chi connectivity index (χ3n) is 3.51. The minimum Gasteiger partial charge on any atom is -0.419 e. The van der Waals surface area contributed by atoms with Crippen molar-refractivity contribution in [3.05, 3.63) is 20.9 Å². The van der Waals surface area contributed by atoms with Crippen LogP contribution < -0.4 is 0 Å². The van der Waals surface area contributed by atoms with Crippen molar-refractivity contribution in [1.82, 2.24) is 0 Å². The minimum absolute atomic E-state index is 0.289. The Hall–Kier alpha value is -1.36. The molecule has 1 aliphatic heterocycles. The van der Waals surface area contributed by atoms with Crippen LogP contribution in [0.15, 0.2) is 0 Å². The summed E-state index contributed by atoms with van der Waals surface area (Å²) in [5, 5.41) is 0. The summed E-state index contributed by atoms with van der Waals surface area (Å²) in [6.07, 6.45) is 1.64. The van der Waals surface area contributed by atoms with Crippen molar-refractivity contribution in [2.45, 2.75) is 59.7 Å². The van der Waals surface area contributed by atoms with E-state index in [9.17, 15) is 9.59 Å². The monoisotopic (exact) mass is 310 g/mol. The van der Waals surface area contributed by atoms with Crippen LogP contribution in [-0.2, 0) is 38.3 Å². The van der Waals surface area contributed by atoms with E-state index in [0.29, 0.717) is 5.92 Å². The van der Waals surface area contributed by atoms with Crippen molar-refractivity contribution in [1.29, 1.82) is 0 Å². The van der Waals surface area contributed by atoms with E-state index in [-0.39, 0.29) is 6.42 Å². The van der Waals surface area contributed by atoms with E-state index in [0.717, 1.165) is 24.1 Å². The van der Waals surface area contributed by atoms with Gasteiger partial charge in [0, 0.05) is 4.88 Å². The van der Waals surface area contributed by atoms with Gasteiger partial charge in [-0.15, -0.1) is 11.3 Å². The summed E-state index contributed by atoms with van der Waals surface area (Å²) < 4.78 is 10.5. The zero-order valence-electron chi connectivity index (χ0n) is 13.0. The SMILES string of the molecule is CCc1c(CC(C)C)sc(C2OC(=O)CC(=O)O2)c1CC. The number of hydrogen-bond donors (Lipinski definition) is 0. The van der Waals surface area contributed by atoms with E-state index < -0.39 is 18.2 Å². The summed E-state index contributed by atoms with van der Waals surface area (Å²) >= 11 is 1.62. The maximum atomic E-state index is 11.5. The standard InChI is InChI=1S/C16H22O4S/c1-5-10-11(6-2)15(21-12(10)7-9(3)4)16-19-13(17)8-14(18)20-16/h9,16H,5-8H2,1-4H3. The van der Waals surface area contributed by atoms with E-state index in [1.165, 1.54) is 16.0 Å². The van der Waals surface area contributed by atoms with Crippen LogP contribution in [0.2, 0.25) is 0 Å². The highest BCUT2D eigenvalue weighted by Crippen LogP contribution is 2.38. The van der Waals surface area contributed by atoms with Crippen LogP contribution in [0.3, 0.4) is 0 Å². The first kappa shape index (κ1) is 16.0. The molecule has 0 saturated carbocycles. The van der Waals surface area contributed by atoms with Gasteiger partial charge in [-0.3, -0.25) is 9.59 Å². The highest BCUT2D eigenvalue weighted by Gasteiger charge is 2.33. The fraction of sp³-hybridized carbons (Fsp3) is 0.625. The van der Waals surface area contributed by atoms with Gasteiger partial charge in [0.1, 0.15) is 6.42 Å². The summed E-state index contributed by atoms with van der Waals surface area (Å²) in [5.74, 6) is -0.451. The predicted octanol–water partition coefficient (Wildman–Crippen LogP) is 3.56. The molecule has 0 unspecified atom stereocenters. The third-order valence-corrected chi connectivity index (χ3v) is 4.83. The Morgan fingerprint density at radius 1 is 1.10 bits per heavy atom. The molecular weight excluding hydrogens is 288 g/mol. The van der Waals surface area contributed by atoms with Crippen LogP contribution in [0.25, 0.3) is 0 Å². The van der Waals surface area contributed by atoms with Crippen molar-refractivity contribution >= 4 is 23.3 Å². The lowest BCUT2D eigenvalue weighted by molar-refractivity contribution is -0.204. The topological polar surface area (TPSA) is 52.6 Å². The van der Waals surface area contributed by atoms with Crippen molar-refractivity contribution in [3.63, 3.8) is 0 Å². The van der Waals surface area contributed by atoms with Crippen molar-refractivity contribution in [2.24, 2.45) is 5.92 Å². The van der Waals surface area contributed by atoms with Gasteiger partial charge in [0.15, 0.2) is 0 Å². The van der Waals surface area contributed by atoms with Crippen molar-refractivity contribution in [3.8, 4) is 0 Å². The number of ether oxygens (including phenoxy) is 2. The summed E-state index contributed by atoms with van der Waals surface area (Å²) in [7, 11) is 0. The Morgan fingerprint density at radius 3 is 2.14 bits per heavy atom. The van der Waals surface area contributed by atoms with Crippen LogP contribution >= 0.6 is 11.3 Å². The van der Waals surface area contributed by atoms with Gasteiger partial charge in [-0.25, -0.2) is 0 Å². The molecule has 2 heterocycles.